The Balaban J connectivity index is 1.76. The van der Waals surface area contributed by atoms with E-state index in [9.17, 15) is 4.79 Å². The third kappa shape index (κ3) is 1.48. The second-order valence-corrected chi connectivity index (χ2v) is 5.50. The van der Waals surface area contributed by atoms with Crippen molar-refractivity contribution < 1.29 is 14.3 Å². The van der Waals surface area contributed by atoms with Gasteiger partial charge in [0, 0.05) is 0 Å². The summed E-state index contributed by atoms with van der Waals surface area (Å²) in [5, 5.41) is 10.8. The fraction of sp³-hybridized carbons (Fsp3) is 0.583. The minimum atomic E-state index is -0.637. The van der Waals surface area contributed by atoms with Crippen LogP contribution in [0.5, 0.6) is 0 Å². The van der Waals surface area contributed by atoms with Gasteiger partial charge in [0.05, 0.1) is 18.3 Å². The lowest BCUT2D eigenvalue weighted by Gasteiger charge is -2.37. The predicted molar refractivity (Wildman–Crippen MR) is 63.3 cm³/mol. The molecule has 1 N–H and O–H groups in total. The molecular weight excluding hydrogens is 248 g/mol. The lowest BCUT2D eigenvalue weighted by atomic mass is 9.90. The van der Waals surface area contributed by atoms with Crippen molar-refractivity contribution in [1.29, 1.82) is 0 Å². The minimum Gasteiger partial charge on any atom is -0.343 e. The smallest absolute Gasteiger partial charge is 0.271 e. The number of amides is 1. The van der Waals surface area contributed by atoms with Crippen LogP contribution in [0, 0.1) is 0 Å². The van der Waals surface area contributed by atoms with E-state index in [1.807, 2.05) is 26.0 Å². The highest BCUT2D eigenvalue weighted by atomic mass is 16.8. The summed E-state index contributed by atoms with van der Waals surface area (Å²) in [6.45, 7) is 3.75. The van der Waals surface area contributed by atoms with Crippen molar-refractivity contribution in [2.45, 2.75) is 43.9 Å². The normalized spacial score (nSPS) is 38.3. The number of nitrogens with one attached hydrogen (secondary N) is 1. The van der Waals surface area contributed by atoms with E-state index in [1.54, 1.807) is 4.68 Å². The second-order valence-electron chi connectivity index (χ2n) is 5.50. The molecule has 1 fully saturated rings. The maximum atomic E-state index is 12.0. The van der Waals surface area contributed by atoms with E-state index >= 15 is 0 Å². The van der Waals surface area contributed by atoms with Gasteiger partial charge in [-0.05, 0) is 13.8 Å². The summed E-state index contributed by atoms with van der Waals surface area (Å²) in [6, 6.07) is -0.257. The molecule has 4 rings (SSSR count). The monoisotopic (exact) mass is 262 g/mol. The Morgan fingerprint density at radius 1 is 1.37 bits per heavy atom. The topological polar surface area (TPSA) is 78.3 Å². The number of nitrogens with zero attached hydrogens (tertiary/aromatic N) is 3. The van der Waals surface area contributed by atoms with Gasteiger partial charge in [-0.1, -0.05) is 17.4 Å². The van der Waals surface area contributed by atoms with Crippen LogP contribution in [0.1, 0.15) is 30.4 Å². The SMILES string of the molecule is CC1(C)O[C@H]2[C@@H]3NC(=O)c4cnnn4[C@H]3C=C[C@H]2O1. The first kappa shape index (κ1) is 11.1. The number of fused-ring (bicyclic) bond motifs is 5. The van der Waals surface area contributed by atoms with Gasteiger partial charge in [0.2, 0.25) is 0 Å². The number of hydrogen-bond donors (Lipinski definition) is 1. The quantitative estimate of drug-likeness (QED) is 0.667. The van der Waals surface area contributed by atoms with Crippen molar-refractivity contribution in [2.75, 3.05) is 0 Å². The van der Waals surface area contributed by atoms with Crippen LogP contribution in [-0.2, 0) is 9.47 Å². The van der Waals surface area contributed by atoms with Gasteiger partial charge < -0.3 is 14.8 Å². The van der Waals surface area contributed by atoms with Gasteiger partial charge in [0.1, 0.15) is 17.9 Å². The van der Waals surface area contributed by atoms with Crippen molar-refractivity contribution in [3.8, 4) is 0 Å². The largest absolute Gasteiger partial charge is 0.343 e. The molecule has 4 atom stereocenters. The fourth-order valence-corrected chi connectivity index (χ4v) is 3.03. The standard InChI is InChI=1S/C12H14N4O3/c1-12(2)18-8-4-3-6-9(10(8)19-12)14-11(17)7-5-13-15-16(6)7/h3-6,8-10H,1-2H3,(H,14,17)/t6-,8+,9+,10+/m0/s1. The number of carbonyl (C=O) groups is 1. The van der Waals surface area contributed by atoms with Crippen LogP contribution in [0.2, 0.25) is 0 Å². The third-order valence-electron chi connectivity index (χ3n) is 3.77. The van der Waals surface area contributed by atoms with Crippen molar-refractivity contribution in [3.63, 3.8) is 0 Å². The summed E-state index contributed by atoms with van der Waals surface area (Å²) in [5.74, 6) is -0.810. The molecule has 0 unspecified atom stereocenters. The van der Waals surface area contributed by atoms with Gasteiger partial charge in [-0.25, -0.2) is 4.68 Å². The second kappa shape index (κ2) is 3.43. The third-order valence-corrected chi connectivity index (χ3v) is 3.77. The Morgan fingerprint density at radius 2 is 2.21 bits per heavy atom. The highest BCUT2D eigenvalue weighted by Gasteiger charge is 2.51. The molecule has 7 nitrogen and oxygen atoms in total. The molecule has 3 aliphatic rings. The minimum absolute atomic E-state index is 0.0750. The van der Waals surface area contributed by atoms with Gasteiger partial charge in [0.25, 0.3) is 5.91 Å². The van der Waals surface area contributed by atoms with Crippen molar-refractivity contribution in [1.82, 2.24) is 20.3 Å². The maximum Gasteiger partial charge on any atom is 0.271 e. The van der Waals surface area contributed by atoms with E-state index in [0.717, 1.165) is 0 Å². The van der Waals surface area contributed by atoms with Crippen LogP contribution in [0.4, 0.5) is 0 Å². The highest BCUT2D eigenvalue weighted by Crippen LogP contribution is 2.38. The molecular formula is C12H14N4O3. The first-order chi connectivity index (χ1) is 9.05. The molecule has 0 radical (unpaired) electrons. The van der Waals surface area contributed by atoms with E-state index < -0.39 is 5.79 Å². The molecule has 1 saturated heterocycles. The summed E-state index contributed by atoms with van der Waals surface area (Å²) in [6.07, 6.45) is 5.10. The average Bonchev–Trinajstić information content (AvgIpc) is 2.92. The van der Waals surface area contributed by atoms with Crippen LogP contribution in [0.25, 0.3) is 0 Å². The van der Waals surface area contributed by atoms with Gasteiger partial charge >= 0.3 is 0 Å². The zero-order valence-corrected chi connectivity index (χ0v) is 10.6. The van der Waals surface area contributed by atoms with Crippen molar-refractivity contribution >= 4 is 5.91 Å². The van der Waals surface area contributed by atoms with Crippen molar-refractivity contribution in [3.05, 3.63) is 24.0 Å². The van der Waals surface area contributed by atoms with Crippen LogP contribution in [0.3, 0.4) is 0 Å². The van der Waals surface area contributed by atoms with E-state index in [4.69, 9.17) is 9.47 Å². The Bertz CT molecular complexity index is 579. The van der Waals surface area contributed by atoms with Gasteiger partial charge in [-0.3, -0.25) is 4.79 Å². The number of aromatic nitrogens is 3. The van der Waals surface area contributed by atoms with E-state index in [-0.39, 0.29) is 30.2 Å². The summed E-state index contributed by atoms with van der Waals surface area (Å²) in [7, 11) is 0. The lowest BCUT2D eigenvalue weighted by molar-refractivity contribution is -0.145. The van der Waals surface area contributed by atoms with Crippen molar-refractivity contribution in [2.24, 2.45) is 0 Å². The van der Waals surface area contributed by atoms with Crippen LogP contribution >= 0.6 is 0 Å². The summed E-state index contributed by atoms with van der Waals surface area (Å²) in [4.78, 5) is 12.0. The molecule has 3 heterocycles. The van der Waals surface area contributed by atoms with E-state index in [2.05, 4.69) is 15.6 Å². The summed E-state index contributed by atoms with van der Waals surface area (Å²) in [5.41, 5.74) is 0.475. The number of rotatable bonds is 0. The summed E-state index contributed by atoms with van der Waals surface area (Å²) >= 11 is 0. The molecule has 0 spiro atoms. The maximum absolute atomic E-state index is 12.0. The molecule has 2 aliphatic heterocycles. The zero-order valence-electron chi connectivity index (χ0n) is 10.6. The molecule has 100 valence electrons. The average molecular weight is 262 g/mol. The van der Waals surface area contributed by atoms with E-state index in [0.29, 0.717) is 5.69 Å². The van der Waals surface area contributed by atoms with Crippen LogP contribution in [-0.4, -0.2) is 44.9 Å². The van der Waals surface area contributed by atoms with Gasteiger partial charge in [-0.15, -0.1) is 5.10 Å². The first-order valence-electron chi connectivity index (χ1n) is 6.30. The van der Waals surface area contributed by atoms with Crippen LogP contribution in [0.15, 0.2) is 18.3 Å². The molecule has 19 heavy (non-hydrogen) atoms. The molecule has 0 aromatic carbocycles. The molecule has 1 aromatic heterocycles. The Labute approximate surface area is 109 Å². The fourth-order valence-electron chi connectivity index (χ4n) is 3.03. The number of ether oxygens (including phenoxy) is 2. The number of hydrogen-bond acceptors (Lipinski definition) is 5. The Kier molecular flexibility index (Phi) is 2.01. The molecule has 1 amide bonds. The van der Waals surface area contributed by atoms with Crippen LogP contribution < -0.4 is 5.32 Å². The zero-order chi connectivity index (χ0) is 13.2. The van der Waals surface area contributed by atoms with E-state index in [1.165, 1.54) is 6.20 Å². The molecule has 0 saturated carbocycles. The molecule has 7 heteroatoms. The Hall–Kier alpha value is -1.73. The predicted octanol–water partition coefficient (Wildman–Crippen LogP) is 0.0211. The Morgan fingerprint density at radius 3 is 3.05 bits per heavy atom. The number of carbonyl (C=O) groups excluding carboxylic acids is 1. The summed E-state index contributed by atoms with van der Waals surface area (Å²) < 4.78 is 13.4. The molecule has 0 bridgehead atoms. The van der Waals surface area contributed by atoms with Gasteiger partial charge in [-0.2, -0.15) is 0 Å². The lowest BCUT2D eigenvalue weighted by Crippen LogP contribution is -2.57. The molecule has 1 aromatic rings. The van der Waals surface area contributed by atoms with Gasteiger partial charge in [0.15, 0.2) is 5.79 Å². The first-order valence-corrected chi connectivity index (χ1v) is 6.30. The highest BCUT2D eigenvalue weighted by molar-refractivity contribution is 5.93. The molecule has 1 aliphatic carbocycles.